The average molecular weight is 345 g/mol. The van der Waals surface area contributed by atoms with Crippen LogP contribution in [-0.4, -0.2) is 25.5 Å². The van der Waals surface area contributed by atoms with Gasteiger partial charge in [0, 0.05) is 29.9 Å². The van der Waals surface area contributed by atoms with E-state index in [-0.39, 0.29) is 5.91 Å². The number of fused-ring (bicyclic) bond motifs is 1. The highest BCUT2D eigenvalue weighted by atomic mass is 16.1. The third kappa shape index (κ3) is 3.21. The van der Waals surface area contributed by atoms with Gasteiger partial charge in [-0.25, -0.2) is 4.68 Å². The maximum Gasteiger partial charge on any atom is 0.226 e. The Morgan fingerprint density at radius 2 is 1.92 bits per heavy atom. The number of rotatable bonds is 5. The monoisotopic (exact) mass is 345 g/mol. The van der Waals surface area contributed by atoms with Crippen LogP contribution in [-0.2, 0) is 11.3 Å². The Morgan fingerprint density at radius 1 is 1.08 bits per heavy atom. The fourth-order valence-corrected chi connectivity index (χ4v) is 3.05. The fraction of sp³-hybridized carbons (Fsp3) is 0.150. The number of nitrogens with zero attached hydrogens (tertiary/aromatic N) is 4. The predicted octanol–water partition coefficient (Wildman–Crippen LogP) is 3.56. The van der Waals surface area contributed by atoms with Gasteiger partial charge in [-0.2, -0.15) is 10.2 Å². The summed E-state index contributed by atoms with van der Waals surface area (Å²) in [6.45, 7) is 2.60. The van der Waals surface area contributed by atoms with Crippen LogP contribution in [0.4, 0.5) is 5.69 Å². The lowest BCUT2D eigenvalue weighted by atomic mass is 10.2. The van der Waals surface area contributed by atoms with Crippen molar-refractivity contribution in [2.24, 2.45) is 0 Å². The van der Waals surface area contributed by atoms with E-state index in [0.717, 1.165) is 27.8 Å². The smallest absolute Gasteiger partial charge is 0.226 e. The van der Waals surface area contributed by atoms with E-state index < -0.39 is 0 Å². The molecule has 1 amide bonds. The van der Waals surface area contributed by atoms with Crippen molar-refractivity contribution >= 4 is 22.5 Å². The number of carbonyl (C=O) groups excluding carboxylic acids is 1. The van der Waals surface area contributed by atoms with Crippen molar-refractivity contribution in [1.29, 1.82) is 0 Å². The molecule has 6 heteroatoms. The van der Waals surface area contributed by atoms with Gasteiger partial charge in [0.05, 0.1) is 23.9 Å². The van der Waals surface area contributed by atoms with Crippen molar-refractivity contribution in [3.8, 4) is 5.69 Å². The number of amides is 1. The van der Waals surface area contributed by atoms with Gasteiger partial charge in [0.2, 0.25) is 5.91 Å². The first kappa shape index (κ1) is 16.1. The second kappa shape index (κ2) is 6.84. The molecule has 130 valence electrons. The lowest BCUT2D eigenvalue weighted by molar-refractivity contribution is -0.116. The van der Waals surface area contributed by atoms with Crippen molar-refractivity contribution in [2.75, 3.05) is 5.32 Å². The molecule has 0 atom stereocenters. The molecular formula is C20H19N5O. The summed E-state index contributed by atoms with van der Waals surface area (Å²) in [5, 5.41) is 12.6. The van der Waals surface area contributed by atoms with Crippen LogP contribution in [0.15, 0.2) is 67.1 Å². The first-order valence-electron chi connectivity index (χ1n) is 8.52. The molecule has 0 aliphatic heterocycles. The largest absolute Gasteiger partial charge is 0.326 e. The number of aromatic nitrogens is 4. The van der Waals surface area contributed by atoms with Crippen LogP contribution in [0.5, 0.6) is 0 Å². The van der Waals surface area contributed by atoms with Gasteiger partial charge >= 0.3 is 0 Å². The van der Waals surface area contributed by atoms with Crippen molar-refractivity contribution < 1.29 is 4.79 Å². The number of hydrogen-bond donors (Lipinski definition) is 1. The SMILES string of the molecule is Cc1cccc2cnn(CCC(=O)Nc3ccc(-n4cccn4)cc3)c12. The van der Waals surface area contributed by atoms with E-state index in [9.17, 15) is 4.79 Å². The zero-order chi connectivity index (χ0) is 17.9. The molecular weight excluding hydrogens is 326 g/mol. The number of nitrogens with one attached hydrogen (secondary N) is 1. The molecule has 2 aromatic heterocycles. The van der Waals surface area contributed by atoms with Crippen molar-refractivity contribution in [2.45, 2.75) is 19.9 Å². The van der Waals surface area contributed by atoms with Gasteiger partial charge < -0.3 is 5.32 Å². The molecule has 4 aromatic rings. The Labute approximate surface area is 151 Å². The summed E-state index contributed by atoms with van der Waals surface area (Å²) in [5.74, 6) is -0.0333. The van der Waals surface area contributed by atoms with Gasteiger partial charge in [-0.15, -0.1) is 0 Å². The summed E-state index contributed by atoms with van der Waals surface area (Å²) < 4.78 is 3.67. The van der Waals surface area contributed by atoms with Crippen LogP contribution in [0.3, 0.4) is 0 Å². The fourth-order valence-electron chi connectivity index (χ4n) is 3.05. The van der Waals surface area contributed by atoms with E-state index >= 15 is 0 Å². The van der Waals surface area contributed by atoms with Crippen molar-refractivity contribution in [3.63, 3.8) is 0 Å². The second-order valence-corrected chi connectivity index (χ2v) is 6.18. The molecule has 6 nitrogen and oxygen atoms in total. The summed E-state index contributed by atoms with van der Waals surface area (Å²) in [6.07, 6.45) is 5.82. The third-order valence-electron chi connectivity index (χ3n) is 4.33. The summed E-state index contributed by atoms with van der Waals surface area (Å²) in [6, 6.07) is 15.6. The van der Waals surface area contributed by atoms with Gasteiger partial charge in [-0.05, 0) is 42.8 Å². The Hall–Kier alpha value is -3.41. The quantitative estimate of drug-likeness (QED) is 0.601. The van der Waals surface area contributed by atoms with Gasteiger partial charge in [0.15, 0.2) is 0 Å². The van der Waals surface area contributed by atoms with Crippen molar-refractivity contribution in [3.05, 3.63) is 72.7 Å². The maximum absolute atomic E-state index is 12.3. The predicted molar refractivity (Wildman–Crippen MR) is 101 cm³/mol. The Morgan fingerprint density at radius 3 is 2.69 bits per heavy atom. The molecule has 2 heterocycles. The summed E-state index contributed by atoms with van der Waals surface area (Å²) in [7, 11) is 0. The van der Waals surface area contributed by atoms with E-state index in [0.29, 0.717) is 13.0 Å². The van der Waals surface area contributed by atoms with E-state index in [2.05, 4.69) is 28.5 Å². The van der Waals surface area contributed by atoms with Crippen LogP contribution in [0.25, 0.3) is 16.6 Å². The zero-order valence-corrected chi connectivity index (χ0v) is 14.5. The van der Waals surface area contributed by atoms with E-state index in [1.807, 2.05) is 59.5 Å². The van der Waals surface area contributed by atoms with Crippen LogP contribution in [0.2, 0.25) is 0 Å². The van der Waals surface area contributed by atoms with E-state index in [1.54, 1.807) is 10.9 Å². The van der Waals surface area contributed by atoms with Crippen LogP contribution in [0.1, 0.15) is 12.0 Å². The highest BCUT2D eigenvalue weighted by Crippen LogP contribution is 2.18. The Kier molecular flexibility index (Phi) is 4.23. The molecule has 2 aromatic carbocycles. The first-order valence-corrected chi connectivity index (χ1v) is 8.52. The third-order valence-corrected chi connectivity index (χ3v) is 4.33. The number of hydrogen-bond acceptors (Lipinski definition) is 3. The number of carbonyl (C=O) groups is 1. The normalized spacial score (nSPS) is 11.0. The van der Waals surface area contributed by atoms with Gasteiger partial charge in [-0.3, -0.25) is 9.48 Å². The molecule has 4 rings (SSSR count). The zero-order valence-electron chi connectivity index (χ0n) is 14.5. The number of aryl methyl sites for hydroxylation is 2. The lowest BCUT2D eigenvalue weighted by Gasteiger charge is -2.08. The number of benzene rings is 2. The lowest BCUT2D eigenvalue weighted by Crippen LogP contribution is -2.15. The second-order valence-electron chi connectivity index (χ2n) is 6.18. The van der Waals surface area contributed by atoms with Crippen LogP contribution in [0, 0.1) is 6.92 Å². The van der Waals surface area contributed by atoms with Gasteiger partial charge in [0.25, 0.3) is 0 Å². The molecule has 0 saturated carbocycles. The van der Waals surface area contributed by atoms with Crippen LogP contribution < -0.4 is 5.32 Å². The van der Waals surface area contributed by atoms with E-state index in [4.69, 9.17) is 0 Å². The average Bonchev–Trinajstić information content (AvgIpc) is 3.31. The van der Waals surface area contributed by atoms with Crippen LogP contribution >= 0.6 is 0 Å². The summed E-state index contributed by atoms with van der Waals surface area (Å²) in [4.78, 5) is 12.3. The van der Waals surface area contributed by atoms with E-state index in [1.165, 1.54) is 0 Å². The minimum Gasteiger partial charge on any atom is -0.326 e. The first-order chi connectivity index (χ1) is 12.7. The Bertz CT molecular complexity index is 1030. The van der Waals surface area contributed by atoms with Gasteiger partial charge in [0.1, 0.15) is 0 Å². The molecule has 0 radical (unpaired) electrons. The standard InChI is InChI=1S/C20H19N5O/c1-15-4-2-5-16-14-22-25(20(15)16)13-10-19(26)23-17-6-8-18(9-7-17)24-12-3-11-21-24/h2-9,11-12,14H,10,13H2,1H3,(H,23,26). The molecule has 0 spiro atoms. The molecule has 0 saturated heterocycles. The molecule has 0 aliphatic rings. The number of anilines is 1. The Balaban J connectivity index is 1.39. The van der Waals surface area contributed by atoms with Crippen molar-refractivity contribution in [1.82, 2.24) is 19.6 Å². The molecule has 0 fully saturated rings. The summed E-state index contributed by atoms with van der Waals surface area (Å²) in [5.41, 5.74) is 3.97. The number of para-hydroxylation sites is 1. The molecule has 26 heavy (non-hydrogen) atoms. The van der Waals surface area contributed by atoms with Gasteiger partial charge in [-0.1, -0.05) is 18.2 Å². The molecule has 0 aliphatic carbocycles. The highest BCUT2D eigenvalue weighted by Gasteiger charge is 2.08. The highest BCUT2D eigenvalue weighted by molar-refractivity contribution is 5.91. The molecule has 0 bridgehead atoms. The minimum absolute atomic E-state index is 0.0333. The topological polar surface area (TPSA) is 64.7 Å². The minimum atomic E-state index is -0.0333. The maximum atomic E-state index is 12.3. The molecule has 0 unspecified atom stereocenters. The summed E-state index contributed by atoms with van der Waals surface area (Å²) >= 11 is 0. The molecule has 1 N–H and O–H groups in total.